The fourth-order valence-corrected chi connectivity index (χ4v) is 2.38. The first-order chi connectivity index (χ1) is 9.13. The molecule has 1 fully saturated rings. The molecule has 0 bridgehead atoms. The van der Waals surface area contributed by atoms with Crippen LogP contribution in [0.15, 0.2) is 27.4 Å². The molecule has 2 N–H and O–H groups in total. The largest absolute Gasteiger partial charge is 0.417 e. The second kappa shape index (κ2) is 4.55. The van der Waals surface area contributed by atoms with Crippen LogP contribution in [0.4, 0.5) is 0 Å². The topological polar surface area (TPSA) is 78.3 Å². The van der Waals surface area contributed by atoms with Crippen molar-refractivity contribution in [1.29, 1.82) is 0 Å². The van der Waals surface area contributed by atoms with Gasteiger partial charge in [0.05, 0.1) is 5.52 Å². The summed E-state index contributed by atoms with van der Waals surface area (Å²) in [4.78, 5) is 27.8. The fraction of sp³-hybridized carbons (Fsp3) is 0.385. The zero-order valence-electron chi connectivity index (χ0n) is 10.6. The zero-order valence-corrected chi connectivity index (χ0v) is 10.6. The van der Waals surface area contributed by atoms with Crippen LogP contribution in [-0.2, 0) is 0 Å². The van der Waals surface area contributed by atoms with E-state index >= 15 is 0 Å². The van der Waals surface area contributed by atoms with Crippen LogP contribution < -0.4 is 11.1 Å². The predicted octanol–water partition coefficient (Wildman–Crippen LogP) is 0.555. The SMILES string of the molecule is CC1CN(C(=O)c2ccc3[nH]c(=O)oc3c2)CCN1. The minimum atomic E-state index is -0.504. The highest BCUT2D eigenvalue weighted by Gasteiger charge is 2.22. The number of hydrogen-bond acceptors (Lipinski definition) is 4. The van der Waals surface area contributed by atoms with Crippen LogP contribution in [0.2, 0.25) is 0 Å². The molecule has 1 amide bonds. The van der Waals surface area contributed by atoms with E-state index in [-0.39, 0.29) is 5.91 Å². The molecule has 0 saturated carbocycles. The Kier molecular flexibility index (Phi) is 2.87. The lowest BCUT2D eigenvalue weighted by Crippen LogP contribution is -2.51. The summed E-state index contributed by atoms with van der Waals surface area (Å²) in [5.41, 5.74) is 1.57. The number of rotatable bonds is 1. The average molecular weight is 261 g/mol. The van der Waals surface area contributed by atoms with Gasteiger partial charge >= 0.3 is 5.76 Å². The summed E-state index contributed by atoms with van der Waals surface area (Å²) in [6.45, 7) is 4.23. The van der Waals surface area contributed by atoms with Gasteiger partial charge in [0, 0.05) is 31.2 Å². The number of piperazine rings is 1. The normalized spacial score (nSPS) is 19.8. The van der Waals surface area contributed by atoms with E-state index in [0.717, 1.165) is 6.54 Å². The number of aromatic nitrogens is 1. The second-order valence-electron chi connectivity index (χ2n) is 4.83. The standard InChI is InChI=1S/C13H15N3O3/c1-8-7-16(5-4-14-8)12(17)9-2-3-10-11(6-9)19-13(18)15-10/h2-3,6,8,14H,4-5,7H2,1H3,(H,15,18). The van der Waals surface area contributed by atoms with Gasteiger partial charge in [0.25, 0.3) is 5.91 Å². The van der Waals surface area contributed by atoms with Crippen LogP contribution in [0, 0.1) is 0 Å². The number of carbonyl (C=O) groups is 1. The van der Waals surface area contributed by atoms with Crippen molar-refractivity contribution in [3.63, 3.8) is 0 Å². The predicted molar refractivity (Wildman–Crippen MR) is 70.2 cm³/mol. The van der Waals surface area contributed by atoms with E-state index in [1.807, 2.05) is 11.8 Å². The number of nitrogens with one attached hydrogen (secondary N) is 2. The highest BCUT2D eigenvalue weighted by Crippen LogP contribution is 2.15. The van der Waals surface area contributed by atoms with Crippen molar-refractivity contribution in [3.8, 4) is 0 Å². The third-order valence-electron chi connectivity index (χ3n) is 3.32. The Morgan fingerprint density at radius 3 is 3.11 bits per heavy atom. The maximum absolute atomic E-state index is 12.4. The molecule has 2 aromatic rings. The summed E-state index contributed by atoms with van der Waals surface area (Å²) in [5.74, 6) is -0.533. The van der Waals surface area contributed by atoms with Crippen molar-refractivity contribution in [2.75, 3.05) is 19.6 Å². The highest BCUT2D eigenvalue weighted by atomic mass is 16.4. The summed E-state index contributed by atoms with van der Waals surface area (Å²) < 4.78 is 4.97. The van der Waals surface area contributed by atoms with Crippen molar-refractivity contribution in [2.24, 2.45) is 0 Å². The number of amides is 1. The molecule has 1 aromatic heterocycles. The molecular weight excluding hydrogens is 246 g/mol. The lowest BCUT2D eigenvalue weighted by molar-refractivity contribution is 0.0709. The van der Waals surface area contributed by atoms with E-state index in [1.54, 1.807) is 18.2 Å². The van der Waals surface area contributed by atoms with Gasteiger partial charge in [-0.25, -0.2) is 4.79 Å². The third kappa shape index (κ3) is 2.26. The van der Waals surface area contributed by atoms with Crippen molar-refractivity contribution >= 4 is 17.0 Å². The van der Waals surface area contributed by atoms with Crippen LogP contribution in [0.5, 0.6) is 0 Å². The number of hydrogen-bond donors (Lipinski definition) is 2. The Bertz CT molecular complexity index is 673. The minimum Gasteiger partial charge on any atom is -0.408 e. The number of H-pyrrole nitrogens is 1. The van der Waals surface area contributed by atoms with Gasteiger partial charge < -0.3 is 14.6 Å². The first-order valence-corrected chi connectivity index (χ1v) is 6.29. The molecule has 0 aliphatic carbocycles. The van der Waals surface area contributed by atoms with E-state index in [0.29, 0.717) is 35.8 Å². The summed E-state index contributed by atoms with van der Waals surface area (Å²) in [7, 11) is 0. The zero-order chi connectivity index (χ0) is 13.4. The first-order valence-electron chi connectivity index (χ1n) is 6.29. The molecule has 0 radical (unpaired) electrons. The Labute approximate surface area is 109 Å². The van der Waals surface area contributed by atoms with Crippen LogP contribution in [0.1, 0.15) is 17.3 Å². The molecule has 0 spiro atoms. The molecule has 1 aliphatic rings. The summed E-state index contributed by atoms with van der Waals surface area (Å²) in [5, 5.41) is 3.29. The first kappa shape index (κ1) is 12.0. The Morgan fingerprint density at radius 2 is 2.32 bits per heavy atom. The molecule has 1 saturated heterocycles. The number of nitrogens with zero attached hydrogens (tertiary/aromatic N) is 1. The van der Waals surface area contributed by atoms with E-state index in [2.05, 4.69) is 10.3 Å². The lowest BCUT2D eigenvalue weighted by atomic mass is 10.1. The van der Waals surface area contributed by atoms with Gasteiger partial charge in [0.15, 0.2) is 5.58 Å². The molecule has 6 nitrogen and oxygen atoms in total. The summed E-state index contributed by atoms with van der Waals surface area (Å²) in [6.07, 6.45) is 0. The van der Waals surface area contributed by atoms with Gasteiger partial charge in [-0.2, -0.15) is 0 Å². The van der Waals surface area contributed by atoms with Gasteiger partial charge in [0.1, 0.15) is 0 Å². The number of fused-ring (bicyclic) bond motifs is 1. The van der Waals surface area contributed by atoms with E-state index in [4.69, 9.17) is 4.42 Å². The minimum absolute atomic E-state index is 0.0286. The van der Waals surface area contributed by atoms with E-state index in [9.17, 15) is 9.59 Å². The maximum atomic E-state index is 12.4. The average Bonchev–Trinajstić information content (AvgIpc) is 2.76. The van der Waals surface area contributed by atoms with Crippen molar-refractivity contribution in [1.82, 2.24) is 15.2 Å². The summed E-state index contributed by atoms with van der Waals surface area (Å²) >= 11 is 0. The third-order valence-corrected chi connectivity index (χ3v) is 3.32. The molecule has 6 heteroatoms. The number of aromatic amines is 1. The van der Waals surface area contributed by atoms with Crippen LogP contribution >= 0.6 is 0 Å². The monoisotopic (exact) mass is 261 g/mol. The highest BCUT2D eigenvalue weighted by molar-refractivity contribution is 5.97. The smallest absolute Gasteiger partial charge is 0.408 e. The van der Waals surface area contributed by atoms with Gasteiger partial charge in [-0.15, -0.1) is 0 Å². The fourth-order valence-electron chi connectivity index (χ4n) is 2.38. The summed E-state index contributed by atoms with van der Waals surface area (Å²) in [6, 6.07) is 5.32. The van der Waals surface area contributed by atoms with Crippen LogP contribution in [0.25, 0.3) is 11.1 Å². The molecular formula is C13H15N3O3. The second-order valence-corrected chi connectivity index (χ2v) is 4.83. The molecule has 1 atom stereocenters. The maximum Gasteiger partial charge on any atom is 0.417 e. The van der Waals surface area contributed by atoms with Gasteiger partial charge in [-0.05, 0) is 25.1 Å². The molecule has 3 rings (SSSR count). The van der Waals surface area contributed by atoms with Gasteiger partial charge in [-0.3, -0.25) is 9.78 Å². The van der Waals surface area contributed by atoms with Crippen LogP contribution in [-0.4, -0.2) is 41.5 Å². The number of carbonyl (C=O) groups excluding carboxylic acids is 1. The van der Waals surface area contributed by atoms with Crippen molar-refractivity contribution in [2.45, 2.75) is 13.0 Å². The quantitative estimate of drug-likeness (QED) is 0.786. The van der Waals surface area contributed by atoms with Crippen molar-refractivity contribution in [3.05, 3.63) is 34.3 Å². The van der Waals surface area contributed by atoms with Crippen molar-refractivity contribution < 1.29 is 9.21 Å². The van der Waals surface area contributed by atoms with Gasteiger partial charge in [-0.1, -0.05) is 0 Å². The lowest BCUT2D eigenvalue weighted by Gasteiger charge is -2.31. The molecule has 19 heavy (non-hydrogen) atoms. The molecule has 1 aromatic carbocycles. The molecule has 1 aliphatic heterocycles. The molecule has 100 valence electrons. The number of oxazole rings is 1. The Hall–Kier alpha value is -2.08. The number of benzene rings is 1. The molecule has 2 heterocycles. The Balaban J connectivity index is 1.90. The van der Waals surface area contributed by atoms with E-state index in [1.165, 1.54) is 0 Å². The molecule has 1 unspecified atom stereocenters. The van der Waals surface area contributed by atoms with Crippen LogP contribution in [0.3, 0.4) is 0 Å². The Morgan fingerprint density at radius 1 is 1.47 bits per heavy atom. The van der Waals surface area contributed by atoms with Gasteiger partial charge in [0.2, 0.25) is 0 Å². The van der Waals surface area contributed by atoms with E-state index < -0.39 is 5.76 Å².